The van der Waals surface area contributed by atoms with E-state index in [1.165, 1.54) is 12.1 Å². The molecule has 0 saturated carbocycles. The van der Waals surface area contributed by atoms with Gasteiger partial charge in [0, 0.05) is 0 Å². The van der Waals surface area contributed by atoms with E-state index >= 15 is 0 Å². The normalized spacial score (nSPS) is 21.0. The van der Waals surface area contributed by atoms with E-state index in [4.69, 9.17) is 5.41 Å². The number of aryl methyl sites for hydroxylation is 1. The number of guanidine groups is 1. The van der Waals surface area contributed by atoms with Gasteiger partial charge in [0.25, 0.3) is 5.91 Å². The molecule has 1 amide bonds. The lowest BCUT2D eigenvalue weighted by atomic mass is 9.82. The number of hydrogen-bond donors (Lipinski definition) is 3. The number of amides is 1. The van der Waals surface area contributed by atoms with Gasteiger partial charge in [0.15, 0.2) is 11.5 Å². The van der Waals surface area contributed by atoms with Gasteiger partial charge in [-0.2, -0.15) is 0 Å². The Labute approximate surface area is 121 Å². The molecule has 1 aliphatic rings. The van der Waals surface area contributed by atoms with Gasteiger partial charge in [0.05, 0.1) is 0 Å². The topological polar surface area (TPSA) is 65.0 Å². The number of halogens is 1. The Morgan fingerprint density at radius 1 is 1.00 bits per heavy atom. The van der Waals surface area contributed by atoms with Crippen LogP contribution in [0.4, 0.5) is 4.39 Å². The third kappa shape index (κ3) is 2.07. The fourth-order valence-electron chi connectivity index (χ4n) is 2.56. The number of carbonyl (C=O) groups excluding carboxylic acids is 1. The van der Waals surface area contributed by atoms with Gasteiger partial charge in [0.1, 0.15) is 5.82 Å². The van der Waals surface area contributed by atoms with Crippen LogP contribution in [-0.2, 0) is 10.3 Å². The van der Waals surface area contributed by atoms with Crippen molar-refractivity contribution in [1.29, 1.82) is 5.41 Å². The summed E-state index contributed by atoms with van der Waals surface area (Å²) in [6.45, 7) is 1.96. The maximum atomic E-state index is 13.2. The minimum Gasteiger partial charge on any atom is -0.334 e. The standard InChI is InChI=1S/C16H14FN3O/c1-10-2-4-11(5-3-10)16(14(21)19-15(18)20-16)12-6-8-13(17)9-7-12/h2-9H,1H3,(H3,18,19,20,21). The zero-order valence-electron chi connectivity index (χ0n) is 11.4. The smallest absolute Gasteiger partial charge is 0.261 e. The predicted octanol–water partition coefficient (Wildman–Crippen LogP) is 2.03. The highest BCUT2D eigenvalue weighted by Gasteiger charge is 2.47. The molecular formula is C16H14FN3O. The molecule has 1 unspecified atom stereocenters. The monoisotopic (exact) mass is 283 g/mol. The molecule has 1 heterocycles. The maximum Gasteiger partial charge on any atom is 0.261 e. The highest BCUT2D eigenvalue weighted by atomic mass is 19.1. The van der Waals surface area contributed by atoms with Crippen LogP contribution in [-0.4, -0.2) is 11.9 Å². The molecule has 2 aromatic carbocycles. The summed E-state index contributed by atoms with van der Waals surface area (Å²) in [5.74, 6) is -0.779. The van der Waals surface area contributed by atoms with Crippen molar-refractivity contribution >= 4 is 11.9 Å². The lowest BCUT2D eigenvalue weighted by molar-refractivity contribution is -0.122. The molecular weight excluding hydrogens is 269 g/mol. The molecule has 3 rings (SSSR count). The average molecular weight is 283 g/mol. The number of hydrogen-bond acceptors (Lipinski definition) is 2. The minimum atomic E-state index is -1.20. The van der Waals surface area contributed by atoms with Crippen molar-refractivity contribution < 1.29 is 9.18 Å². The van der Waals surface area contributed by atoms with Crippen LogP contribution in [0.5, 0.6) is 0 Å². The molecule has 3 N–H and O–H groups in total. The molecule has 1 saturated heterocycles. The van der Waals surface area contributed by atoms with Gasteiger partial charge in [-0.1, -0.05) is 42.0 Å². The van der Waals surface area contributed by atoms with Crippen molar-refractivity contribution in [3.63, 3.8) is 0 Å². The fraction of sp³-hybridized carbons (Fsp3) is 0.125. The van der Waals surface area contributed by atoms with Crippen molar-refractivity contribution in [1.82, 2.24) is 10.6 Å². The molecule has 1 fully saturated rings. The van der Waals surface area contributed by atoms with E-state index in [0.29, 0.717) is 11.1 Å². The fourth-order valence-corrected chi connectivity index (χ4v) is 2.56. The summed E-state index contributed by atoms with van der Waals surface area (Å²) >= 11 is 0. The van der Waals surface area contributed by atoms with Crippen molar-refractivity contribution in [2.24, 2.45) is 0 Å². The van der Waals surface area contributed by atoms with Gasteiger partial charge in [-0.15, -0.1) is 0 Å². The number of nitrogens with one attached hydrogen (secondary N) is 3. The Morgan fingerprint density at radius 3 is 2.00 bits per heavy atom. The zero-order chi connectivity index (χ0) is 15.0. The molecule has 0 bridgehead atoms. The van der Waals surface area contributed by atoms with E-state index in [0.717, 1.165) is 5.56 Å². The van der Waals surface area contributed by atoms with Crippen molar-refractivity contribution in [2.75, 3.05) is 0 Å². The van der Waals surface area contributed by atoms with E-state index < -0.39 is 5.54 Å². The first-order valence-corrected chi connectivity index (χ1v) is 6.54. The van der Waals surface area contributed by atoms with Crippen molar-refractivity contribution in [2.45, 2.75) is 12.5 Å². The lowest BCUT2D eigenvalue weighted by Crippen LogP contribution is -2.44. The number of rotatable bonds is 2. The molecule has 2 aromatic rings. The van der Waals surface area contributed by atoms with E-state index in [1.54, 1.807) is 12.1 Å². The summed E-state index contributed by atoms with van der Waals surface area (Å²) in [5, 5.41) is 13.1. The van der Waals surface area contributed by atoms with Crippen LogP contribution in [0, 0.1) is 18.2 Å². The Morgan fingerprint density at radius 2 is 1.52 bits per heavy atom. The zero-order valence-corrected chi connectivity index (χ0v) is 11.4. The van der Waals surface area contributed by atoms with Crippen LogP contribution in [0.3, 0.4) is 0 Å². The quantitative estimate of drug-likeness (QED) is 0.789. The van der Waals surface area contributed by atoms with Crippen LogP contribution in [0.25, 0.3) is 0 Å². The molecule has 106 valence electrons. The first kappa shape index (κ1) is 13.3. The lowest BCUT2D eigenvalue weighted by Gasteiger charge is -2.27. The largest absolute Gasteiger partial charge is 0.334 e. The van der Waals surface area contributed by atoms with Crippen molar-refractivity contribution in [3.8, 4) is 0 Å². The Kier molecular flexibility index (Phi) is 2.97. The molecule has 0 spiro atoms. The Balaban J connectivity index is 2.20. The summed E-state index contributed by atoms with van der Waals surface area (Å²) < 4.78 is 13.2. The van der Waals surface area contributed by atoms with Crippen LogP contribution < -0.4 is 10.6 Å². The van der Waals surface area contributed by atoms with Gasteiger partial charge in [-0.05, 0) is 30.2 Å². The summed E-state index contributed by atoms with van der Waals surface area (Å²) in [7, 11) is 0. The number of carbonyl (C=O) groups is 1. The van der Waals surface area contributed by atoms with Crippen molar-refractivity contribution in [3.05, 3.63) is 71.0 Å². The summed E-state index contributed by atoms with van der Waals surface area (Å²) in [4.78, 5) is 12.5. The summed E-state index contributed by atoms with van der Waals surface area (Å²) in [6, 6.07) is 13.2. The highest BCUT2D eigenvalue weighted by Crippen LogP contribution is 2.32. The Hall–Kier alpha value is -2.69. The summed E-state index contributed by atoms with van der Waals surface area (Å²) in [5.41, 5.74) is 1.17. The van der Waals surface area contributed by atoms with Gasteiger partial charge in [-0.25, -0.2) is 4.39 Å². The molecule has 0 aromatic heterocycles. The van der Waals surface area contributed by atoms with Gasteiger partial charge >= 0.3 is 0 Å². The first-order chi connectivity index (χ1) is 10.0. The third-order valence-corrected chi connectivity index (χ3v) is 3.65. The maximum absolute atomic E-state index is 13.2. The van der Waals surface area contributed by atoms with Crippen LogP contribution in [0.1, 0.15) is 16.7 Å². The van der Waals surface area contributed by atoms with Gasteiger partial charge < -0.3 is 5.32 Å². The minimum absolute atomic E-state index is 0.0649. The second-order valence-electron chi connectivity index (χ2n) is 5.08. The molecule has 21 heavy (non-hydrogen) atoms. The highest BCUT2D eigenvalue weighted by molar-refractivity contribution is 6.10. The van der Waals surface area contributed by atoms with Gasteiger partial charge in [0.2, 0.25) is 0 Å². The molecule has 0 aliphatic carbocycles. The van der Waals surface area contributed by atoms with E-state index in [9.17, 15) is 9.18 Å². The predicted molar refractivity (Wildman–Crippen MR) is 77.4 cm³/mol. The molecule has 5 heteroatoms. The molecule has 4 nitrogen and oxygen atoms in total. The van der Waals surface area contributed by atoms with Crippen LogP contribution >= 0.6 is 0 Å². The molecule has 1 aliphatic heterocycles. The van der Waals surface area contributed by atoms with Crippen LogP contribution in [0.2, 0.25) is 0 Å². The van der Waals surface area contributed by atoms with Gasteiger partial charge in [-0.3, -0.25) is 15.5 Å². The SMILES string of the molecule is Cc1ccc(C2(c3ccc(F)cc3)NC(=N)NC2=O)cc1. The Bertz CT molecular complexity index is 662. The third-order valence-electron chi connectivity index (χ3n) is 3.65. The molecule has 0 radical (unpaired) electrons. The van der Waals surface area contributed by atoms with E-state index in [1.807, 2.05) is 31.2 Å². The summed E-state index contributed by atoms with van der Waals surface area (Å²) in [6.07, 6.45) is 0. The number of benzene rings is 2. The first-order valence-electron chi connectivity index (χ1n) is 6.54. The second-order valence-corrected chi connectivity index (χ2v) is 5.08. The second kappa shape index (κ2) is 4.70. The average Bonchev–Trinajstić information content (AvgIpc) is 2.76. The van der Waals surface area contributed by atoms with Crippen LogP contribution in [0.15, 0.2) is 48.5 Å². The van der Waals surface area contributed by atoms with E-state index in [-0.39, 0.29) is 17.7 Å². The van der Waals surface area contributed by atoms with E-state index in [2.05, 4.69) is 10.6 Å². The molecule has 1 atom stereocenters.